The van der Waals surface area contributed by atoms with Crippen molar-refractivity contribution in [2.75, 3.05) is 38.7 Å². The first kappa shape index (κ1) is 24.5. The molecule has 1 N–H and O–H groups in total. The number of rotatable bonds is 9. The van der Waals surface area contributed by atoms with E-state index in [1.807, 2.05) is 0 Å². The van der Waals surface area contributed by atoms with Crippen LogP contribution in [0, 0.1) is 5.82 Å². The van der Waals surface area contributed by atoms with Crippen LogP contribution in [-0.2, 0) is 24.3 Å². The van der Waals surface area contributed by atoms with Crippen molar-refractivity contribution in [1.29, 1.82) is 0 Å². The highest BCUT2D eigenvalue weighted by Crippen LogP contribution is 2.30. The first-order valence-electron chi connectivity index (χ1n) is 10.3. The van der Waals surface area contributed by atoms with E-state index in [9.17, 15) is 22.4 Å². The Morgan fingerprint density at radius 3 is 2.45 bits per heavy atom. The quantitative estimate of drug-likeness (QED) is 0.549. The number of sulfonamides is 1. The molecule has 1 fully saturated rings. The minimum atomic E-state index is -3.71. The predicted octanol–water partition coefficient (Wildman–Crippen LogP) is 2.57. The third-order valence-electron chi connectivity index (χ3n) is 4.94. The largest absolute Gasteiger partial charge is 0.495 e. The van der Waals surface area contributed by atoms with Gasteiger partial charge in [0.05, 0.1) is 17.7 Å². The van der Waals surface area contributed by atoms with Gasteiger partial charge in [0.25, 0.3) is 5.91 Å². The second-order valence-electron chi connectivity index (χ2n) is 7.25. The molecule has 0 saturated carbocycles. The zero-order valence-electron chi connectivity index (χ0n) is 18.1. The molecule has 0 spiro atoms. The summed E-state index contributed by atoms with van der Waals surface area (Å²) in [5, 5.41) is 2.49. The third-order valence-corrected chi connectivity index (χ3v) is 6.84. The maximum absolute atomic E-state index is 13.5. The van der Waals surface area contributed by atoms with Crippen molar-refractivity contribution in [3.63, 3.8) is 0 Å². The van der Waals surface area contributed by atoms with Gasteiger partial charge in [-0.1, -0.05) is 18.6 Å². The fraction of sp³-hybridized carbons (Fsp3) is 0.364. The van der Waals surface area contributed by atoms with Crippen LogP contribution >= 0.6 is 0 Å². The van der Waals surface area contributed by atoms with Crippen molar-refractivity contribution >= 4 is 27.6 Å². The summed E-state index contributed by atoms with van der Waals surface area (Å²) in [7, 11) is -2.34. The topological polar surface area (TPSA) is 111 Å². The number of esters is 1. The number of methoxy groups -OCH3 is 1. The smallest absolute Gasteiger partial charge is 0.344 e. The lowest BCUT2D eigenvalue weighted by molar-refractivity contribution is -0.149. The number of nitrogens with one attached hydrogen (secondary N) is 1. The van der Waals surface area contributed by atoms with Crippen LogP contribution in [0.2, 0.25) is 0 Å². The Morgan fingerprint density at radius 1 is 1.03 bits per heavy atom. The Bertz CT molecular complexity index is 1100. The monoisotopic (exact) mass is 480 g/mol. The van der Waals surface area contributed by atoms with E-state index in [1.165, 1.54) is 47.8 Å². The summed E-state index contributed by atoms with van der Waals surface area (Å²) in [6.07, 6.45) is 2.58. The number of hydrogen-bond acceptors (Lipinski definition) is 7. The molecule has 0 aromatic heterocycles. The molecular weight excluding hydrogens is 455 g/mol. The van der Waals surface area contributed by atoms with Gasteiger partial charge in [-0.15, -0.1) is 0 Å². The molecule has 1 saturated heterocycles. The second kappa shape index (κ2) is 11.1. The van der Waals surface area contributed by atoms with Crippen LogP contribution < -0.4 is 14.8 Å². The molecule has 3 rings (SSSR count). The fourth-order valence-electron chi connectivity index (χ4n) is 3.27. The number of amides is 1. The standard InChI is InChI=1S/C22H25FN2O7S/c1-30-20-10-9-16(33(28,29)25-11-5-2-6-12-25)13-18(20)24-21(26)14-32-22(27)15-31-19-8-4-3-7-17(19)23/h3-4,7-10,13H,2,5-6,11-12,14-15H2,1H3,(H,24,26). The number of benzene rings is 2. The Kier molecular flexibility index (Phi) is 8.23. The molecule has 1 aliphatic rings. The van der Waals surface area contributed by atoms with Crippen molar-refractivity contribution < 1.29 is 36.6 Å². The molecule has 0 aliphatic carbocycles. The van der Waals surface area contributed by atoms with Crippen LogP contribution in [0.5, 0.6) is 11.5 Å². The summed E-state index contributed by atoms with van der Waals surface area (Å²) < 4.78 is 55.8. The van der Waals surface area contributed by atoms with Crippen molar-refractivity contribution in [2.24, 2.45) is 0 Å². The molecule has 178 valence electrons. The van der Waals surface area contributed by atoms with Gasteiger partial charge in [-0.05, 0) is 43.2 Å². The predicted molar refractivity (Wildman–Crippen MR) is 117 cm³/mol. The molecule has 1 amide bonds. The number of carbonyl (C=O) groups excluding carboxylic acids is 2. The van der Waals surface area contributed by atoms with Gasteiger partial charge in [0.2, 0.25) is 10.0 Å². The van der Waals surface area contributed by atoms with Crippen molar-refractivity contribution in [1.82, 2.24) is 4.31 Å². The zero-order valence-corrected chi connectivity index (χ0v) is 18.9. The molecule has 2 aromatic rings. The molecule has 33 heavy (non-hydrogen) atoms. The highest BCUT2D eigenvalue weighted by Gasteiger charge is 2.27. The van der Waals surface area contributed by atoms with Gasteiger partial charge < -0.3 is 19.5 Å². The van der Waals surface area contributed by atoms with Gasteiger partial charge in [-0.3, -0.25) is 4.79 Å². The van der Waals surface area contributed by atoms with E-state index in [4.69, 9.17) is 14.2 Å². The van der Waals surface area contributed by atoms with Gasteiger partial charge in [-0.25, -0.2) is 17.6 Å². The maximum atomic E-state index is 13.5. The lowest BCUT2D eigenvalue weighted by Gasteiger charge is -2.26. The molecule has 0 atom stereocenters. The average Bonchev–Trinajstić information content (AvgIpc) is 2.82. The minimum absolute atomic E-state index is 0.0239. The minimum Gasteiger partial charge on any atom is -0.495 e. The van der Waals surface area contributed by atoms with Gasteiger partial charge >= 0.3 is 5.97 Å². The van der Waals surface area contributed by atoms with E-state index >= 15 is 0 Å². The summed E-state index contributed by atoms with van der Waals surface area (Å²) in [6.45, 7) is -0.339. The Balaban J connectivity index is 1.59. The van der Waals surface area contributed by atoms with Crippen LogP contribution in [0.15, 0.2) is 47.4 Å². The zero-order chi connectivity index (χ0) is 23.8. The van der Waals surface area contributed by atoms with Crippen LogP contribution in [0.4, 0.5) is 10.1 Å². The number of anilines is 1. The molecule has 0 unspecified atom stereocenters. The molecule has 1 heterocycles. The molecule has 0 radical (unpaired) electrons. The number of piperidine rings is 1. The molecule has 2 aromatic carbocycles. The van der Waals surface area contributed by atoms with Crippen molar-refractivity contribution in [2.45, 2.75) is 24.2 Å². The van der Waals surface area contributed by atoms with E-state index in [1.54, 1.807) is 6.07 Å². The van der Waals surface area contributed by atoms with Crippen LogP contribution in [0.25, 0.3) is 0 Å². The average molecular weight is 481 g/mol. The van der Waals surface area contributed by atoms with E-state index < -0.39 is 40.9 Å². The summed E-state index contributed by atoms with van der Waals surface area (Å²) in [4.78, 5) is 24.1. The summed E-state index contributed by atoms with van der Waals surface area (Å²) in [5.74, 6) is -2.08. The molecular formula is C22H25FN2O7S. The van der Waals surface area contributed by atoms with E-state index in [-0.39, 0.29) is 22.1 Å². The summed E-state index contributed by atoms with van der Waals surface area (Å²) >= 11 is 0. The van der Waals surface area contributed by atoms with Gasteiger partial charge in [0.15, 0.2) is 24.8 Å². The molecule has 0 bridgehead atoms. The van der Waals surface area contributed by atoms with Crippen molar-refractivity contribution in [3.05, 3.63) is 48.3 Å². The molecule has 9 nitrogen and oxygen atoms in total. The SMILES string of the molecule is COc1ccc(S(=O)(=O)N2CCCCC2)cc1NC(=O)COC(=O)COc1ccccc1F. The normalized spacial score (nSPS) is 14.4. The van der Waals surface area contributed by atoms with Crippen LogP contribution in [0.1, 0.15) is 19.3 Å². The fourth-order valence-corrected chi connectivity index (χ4v) is 4.82. The van der Waals surface area contributed by atoms with E-state index in [0.717, 1.165) is 19.3 Å². The number of hydrogen-bond donors (Lipinski definition) is 1. The highest BCUT2D eigenvalue weighted by molar-refractivity contribution is 7.89. The van der Waals surface area contributed by atoms with Crippen LogP contribution in [-0.4, -0.2) is 58.0 Å². The molecule has 11 heteroatoms. The van der Waals surface area contributed by atoms with Crippen LogP contribution in [0.3, 0.4) is 0 Å². The Hall–Kier alpha value is -3.18. The number of nitrogens with zero attached hydrogens (tertiary/aromatic N) is 1. The lowest BCUT2D eigenvalue weighted by atomic mass is 10.2. The molecule has 1 aliphatic heterocycles. The number of ether oxygens (including phenoxy) is 3. The highest BCUT2D eigenvalue weighted by atomic mass is 32.2. The second-order valence-corrected chi connectivity index (χ2v) is 9.19. The number of halogens is 1. The van der Waals surface area contributed by atoms with Crippen molar-refractivity contribution in [3.8, 4) is 11.5 Å². The van der Waals surface area contributed by atoms with E-state index in [0.29, 0.717) is 13.1 Å². The Labute approximate surface area is 191 Å². The maximum Gasteiger partial charge on any atom is 0.344 e. The first-order valence-corrected chi connectivity index (χ1v) is 11.8. The summed E-state index contributed by atoms with van der Waals surface area (Å²) in [5.41, 5.74) is 0.124. The number of carbonyl (C=O) groups is 2. The lowest BCUT2D eigenvalue weighted by Crippen LogP contribution is -2.35. The van der Waals surface area contributed by atoms with E-state index in [2.05, 4.69) is 5.32 Å². The van der Waals surface area contributed by atoms with Gasteiger partial charge in [-0.2, -0.15) is 4.31 Å². The van der Waals surface area contributed by atoms with Gasteiger partial charge in [0, 0.05) is 13.1 Å². The number of para-hydroxylation sites is 1. The third kappa shape index (κ3) is 6.42. The first-order chi connectivity index (χ1) is 15.8. The summed E-state index contributed by atoms with van der Waals surface area (Å²) in [6, 6.07) is 9.73. The van der Waals surface area contributed by atoms with Gasteiger partial charge in [0.1, 0.15) is 5.75 Å². The Morgan fingerprint density at radius 2 is 1.76 bits per heavy atom.